The highest BCUT2D eigenvalue weighted by Gasteiger charge is 2.12. The third-order valence-electron chi connectivity index (χ3n) is 2.61. The SMILES string of the molecule is CNCC(C)CNc1ncnc2onc(C)c12. The topological polar surface area (TPSA) is 75.9 Å². The first-order chi connectivity index (χ1) is 8.22. The van der Waals surface area contributed by atoms with Gasteiger partial charge in [0, 0.05) is 6.54 Å². The molecule has 0 aromatic carbocycles. The van der Waals surface area contributed by atoms with E-state index in [0.717, 1.165) is 30.0 Å². The summed E-state index contributed by atoms with van der Waals surface area (Å²) in [6, 6.07) is 0. The Balaban J connectivity index is 2.15. The summed E-state index contributed by atoms with van der Waals surface area (Å²) in [6.07, 6.45) is 1.48. The van der Waals surface area contributed by atoms with Crippen LogP contribution in [0, 0.1) is 12.8 Å². The second-order valence-corrected chi connectivity index (χ2v) is 4.21. The monoisotopic (exact) mass is 235 g/mol. The summed E-state index contributed by atoms with van der Waals surface area (Å²) < 4.78 is 5.09. The lowest BCUT2D eigenvalue weighted by Gasteiger charge is -2.12. The lowest BCUT2D eigenvalue weighted by Crippen LogP contribution is -2.23. The molecule has 0 aliphatic heterocycles. The van der Waals surface area contributed by atoms with Gasteiger partial charge in [0.15, 0.2) is 0 Å². The van der Waals surface area contributed by atoms with E-state index in [0.29, 0.717) is 11.6 Å². The molecule has 2 aromatic heterocycles. The molecule has 1 unspecified atom stereocenters. The third kappa shape index (κ3) is 2.52. The maximum atomic E-state index is 5.09. The number of aromatic nitrogens is 3. The minimum Gasteiger partial charge on any atom is -0.369 e. The normalized spacial score (nSPS) is 12.9. The molecule has 0 aliphatic rings. The van der Waals surface area contributed by atoms with Crippen LogP contribution < -0.4 is 10.6 Å². The second kappa shape index (κ2) is 5.09. The van der Waals surface area contributed by atoms with E-state index in [1.165, 1.54) is 6.33 Å². The van der Waals surface area contributed by atoms with E-state index in [-0.39, 0.29) is 0 Å². The molecule has 2 N–H and O–H groups in total. The molecule has 2 rings (SSSR count). The number of nitrogens with one attached hydrogen (secondary N) is 2. The highest BCUT2D eigenvalue weighted by Crippen LogP contribution is 2.22. The van der Waals surface area contributed by atoms with Crippen molar-refractivity contribution in [1.82, 2.24) is 20.4 Å². The molecule has 0 fully saturated rings. The zero-order valence-corrected chi connectivity index (χ0v) is 10.3. The summed E-state index contributed by atoms with van der Waals surface area (Å²) >= 11 is 0. The van der Waals surface area contributed by atoms with Gasteiger partial charge < -0.3 is 15.2 Å². The zero-order chi connectivity index (χ0) is 12.3. The summed E-state index contributed by atoms with van der Waals surface area (Å²) in [5.74, 6) is 1.31. The minimum absolute atomic E-state index is 0.519. The summed E-state index contributed by atoms with van der Waals surface area (Å²) in [6.45, 7) is 5.86. The van der Waals surface area contributed by atoms with E-state index in [9.17, 15) is 0 Å². The van der Waals surface area contributed by atoms with E-state index in [1.54, 1.807) is 0 Å². The summed E-state index contributed by atoms with van der Waals surface area (Å²) in [4.78, 5) is 8.26. The van der Waals surface area contributed by atoms with Gasteiger partial charge in [0.1, 0.15) is 17.5 Å². The predicted molar refractivity (Wildman–Crippen MR) is 65.9 cm³/mol. The fraction of sp³-hybridized carbons (Fsp3) is 0.545. The van der Waals surface area contributed by atoms with E-state index in [1.807, 2.05) is 14.0 Å². The third-order valence-corrected chi connectivity index (χ3v) is 2.61. The lowest BCUT2D eigenvalue weighted by atomic mass is 10.2. The average Bonchev–Trinajstić information content (AvgIpc) is 2.70. The fourth-order valence-electron chi connectivity index (χ4n) is 1.75. The van der Waals surface area contributed by atoms with Crippen LogP contribution in [0.15, 0.2) is 10.9 Å². The quantitative estimate of drug-likeness (QED) is 0.810. The molecule has 2 aromatic rings. The first kappa shape index (κ1) is 11.8. The van der Waals surface area contributed by atoms with Crippen molar-refractivity contribution in [2.24, 2.45) is 5.92 Å². The zero-order valence-electron chi connectivity index (χ0n) is 10.3. The van der Waals surface area contributed by atoms with Crippen molar-refractivity contribution in [3.8, 4) is 0 Å². The molecule has 92 valence electrons. The van der Waals surface area contributed by atoms with Crippen molar-refractivity contribution < 1.29 is 4.52 Å². The van der Waals surface area contributed by atoms with Gasteiger partial charge >= 0.3 is 0 Å². The van der Waals surface area contributed by atoms with Crippen LogP contribution in [0.3, 0.4) is 0 Å². The molecule has 17 heavy (non-hydrogen) atoms. The maximum absolute atomic E-state index is 5.09. The van der Waals surface area contributed by atoms with Crippen LogP contribution in [0.2, 0.25) is 0 Å². The molecule has 6 nitrogen and oxygen atoms in total. The maximum Gasteiger partial charge on any atom is 0.263 e. The molecular weight excluding hydrogens is 218 g/mol. The van der Waals surface area contributed by atoms with Gasteiger partial charge in [-0.2, -0.15) is 4.98 Å². The summed E-state index contributed by atoms with van der Waals surface area (Å²) in [5, 5.41) is 11.2. The Kier molecular flexibility index (Phi) is 3.53. The molecule has 0 saturated heterocycles. The molecule has 1 atom stereocenters. The van der Waals surface area contributed by atoms with Crippen LogP contribution >= 0.6 is 0 Å². The number of hydrogen-bond acceptors (Lipinski definition) is 6. The van der Waals surface area contributed by atoms with Gasteiger partial charge in [-0.1, -0.05) is 12.1 Å². The molecule has 0 saturated carbocycles. The molecule has 0 amide bonds. The number of anilines is 1. The van der Waals surface area contributed by atoms with Crippen molar-refractivity contribution in [3.05, 3.63) is 12.0 Å². The largest absolute Gasteiger partial charge is 0.369 e. The summed E-state index contributed by atoms with van der Waals surface area (Å²) in [5.41, 5.74) is 1.34. The Hall–Kier alpha value is -1.69. The van der Waals surface area contributed by atoms with Crippen LogP contribution in [0.5, 0.6) is 0 Å². The Morgan fingerprint density at radius 1 is 1.35 bits per heavy atom. The van der Waals surface area contributed by atoms with Gasteiger partial charge in [-0.3, -0.25) is 0 Å². The molecule has 0 radical (unpaired) electrons. The molecule has 0 aliphatic carbocycles. The van der Waals surface area contributed by atoms with Crippen molar-refractivity contribution in [2.75, 3.05) is 25.5 Å². The van der Waals surface area contributed by atoms with Crippen molar-refractivity contribution in [3.63, 3.8) is 0 Å². The molecule has 6 heteroatoms. The van der Waals surface area contributed by atoms with E-state index in [2.05, 4.69) is 32.7 Å². The van der Waals surface area contributed by atoms with Gasteiger partial charge in [-0.25, -0.2) is 4.98 Å². The fourth-order valence-corrected chi connectivity index (χ4v) is 1.75. The Morgan fingerprint density at radius 3 is 2.94 bits per heavy atom. The number of hydrogen-bond donors (Lipinski definition) is 2. The highest BCUT2D eigenvalue weighted by atomic mass is 16.5. The van der Waals surface area contributed by atoms with Crippen LogP contribution in [0.4, 0.5) is 5.82 Å². The van der Waals surface area contributed by atoms with Crippen LogP contribution in [-0.4, -0.2) is 35.3 Å². The first-order valence-corrected chi connectivity index (χ1v) is 5.67. The minimum atomic E-state index is 0.519. The molecule has 0 bridgehead atoms. The highest BCUT2D eigenvalue weighted by molar-refractivity contribution is 5.87. The lowest BCUT2D eigenvalue weighted by molar-refractivity contribution is 0.442. The predicted octanol–water partition coefficient (Wildman–Crippen LogP) is 1.19. The molecular formula is C11H17N5O. The van der Waals surface area contributed by atoms with Crippen LogP contribution in [-0.2, 0) is 0 Å². The Labute approximate surface area is 99.8 Å². The summed E-state index contributed by atoms with van der Waals surface area (Å²) in [7, 11) is 1.95. The van der Waals surface area contributed by atoms with Crippen molar-refractivity contribution >= 4 is 16.9 Å². The number of rotatable bonds is 5. The Bertz CT molecular complexity index is 496. The van der Waals surface area contributed by atoms with E-state index < -0.39 is 0 Å². The molecule has 0 spiro atoms. The van der Waals surface area contributed by atoms with E-state index in [4.69, 9.17) is 4.52 Å². The average molecular weight is 235 g/mol. The second-order valence-electron chi connectivity index (χ2n) is 4.21. The number of nitrogens with zero attached hydrogens (tertiary/aromatic N) is 3. The van der Waals surface area contributed by atoms with Crippen LogP contribution in [0.1, 0.15) is 12.6 Å². The molecule has 2 heterocycles. The smallest absolute Gasteiger partial charge is 0.263 e. The number of fused-ring (bicyclic) bond motifs is 1. The van der Waals surface area contributed by atoms with E-state index >= 15 is 0 Å². The standard InChI is InChI=1S/C11H17N5O/c1-7(4-12-3)5-13-10-9-8(2)16-17-11(9)15-6-14-10/h6-7,12H,4-5H2,1-3H3,(H,13,14,15). The van der Waals surface area contributed by atoms with Gasteiger partial charge in [0.05, 0.1) is 5.69 Å². The van der Waals surface area contributed by atoms with Gasteiger partial charge in [-0.05, 0) is 26.4 Å². The first-order valence-electron chi connectivity index (χ1n) is 5.67. The van der Waals surface area contributed by atoms with Gasteiger partial charge in [0.25, 0.3) is 5.71 Å². The number of aryl methyl sites for hydroxylation is 1. The van der Waals surface area contributed by atoms with Crippen LogP contribution in [0.25, 0.3) is 11.1 Å². The van der Waals surface area contributed by atoms with Gasteiger partial charge in [-0.15, -0.1) is 0 Å². The Morgan fingerprint density at radius 2 is 2.18 bits per heavy atom. The van der Waals surface area contributed by atoms with Gasteiger partial charge in [0.2, 0.25) is 0 Å². The van der Waals surface area contributed by atoms with Crippen molar-refractivity contribution in [2.45, 2.75) is 13.8 Å². The van der Waals surface area contributed by atoms with Crippen molar-refractivity contribution in [1.29, 1.82) is 0 Å².